The largest absolute Gasteiger partial charge is 0.417 e. The van der Waals surface area contributed by atoms with Gasteiger partial charge in [0, 0.05) is 19.3 Å². The molecule has 2 heterocycles. The maximum absolute atomic E-state index is 13.1. The molecule has 0 unspecified atom stereocenters. The van der Waals surface area contributed by atoms with E-state index in [4.69, 9.17) is 11.6 Å². The van der Waals surface area contributed by atoms with Crippen LogP contribution in [0.4, 0.5) is 13.2 Å². The standard InChI is InChI=1S/C20H14ClF3N4O2/c1-26-11-25-15-9-13(5-6-16(15)26)27-8-7-17(29)28(19(27)30)10-12-3-2-4-14(18(12)21)20(22,23)24/h2-9,11H,10H2,1H3. The van der Waals surface area contributed by atoms with Crippen molar-refractivity contribution in [3.05, 3.63) is 92.0 Å². The van der Waals surface area contributed by atoms with Crippen molar-refractivity contribution in [3.8, 4) is 5.69 Å². The number of aromatic nitrogens is 4. The minimum Gasteiger partial charge on any atom is -0.334 e. The lowest BCUT2D eigenvalue weighted by atomic mass is 10.1. The van der Waals surface area contributed by atoms with Gasteiger partial charge in [0.25, 0.3) is 5.56 Å². The van der Waals surface area contributed by atoms with E-state index in [1.165, 1.54) is 29.0 Å². The Balaban J connectivity index is 1.81. The van der Waals surface area contributed by atoms with Crippen LogP contribution in [0.2, 0.25) is 5.02 Å². The molecule has 0 spiro atoms. The van der Waals surface area contributed by atoms with Crippen molar-refractivity contribution in [2.75, 3.05) is 0 Å². The average Bonchev–Trinajstić information content (AvgIpc) is 3.05. The summed E-state index contributed by atoms with van der Waals surface area (Å²) >= 11 is 5.92. The summed E-state index contributed by atoms with van der Waals surface area (Å²) < 4.78 is 43.2. The van der Waals surface area contributed by atoms with E-state index < -0.39 is 34.6 Å². The van der Waals surface area contributed by atoms with Crippen molar-refractivity contribution in [1.29, 1.82) is 0 Å². The lowest BCUT2D eigenvalue weighted by Crippen LogP contribution is -2.38. The van der Waals surface area contributed by atoms with Gasteiger partial charge >= 0.3 is 11.9 Å². The molecule has 0 aliphatic carbocycles. The normalized spacial score (nSPS) is 11.9. The van der Waals surface area contributed by atoms with Gasteiger partial charge in [-0.15, -0.1) is 0 Å². The number of nitrogens with zero attached hydrogens (tertiary/aromatic N) is 4. The maximum Gasteiger partial charge on any atom is 0.417 e. The van der Waals surface area contributed by atoms with E-state index in [1.54, 1.807) is 24.5 Å². The first kappa shape index (κ1) is 20.0. The van der Waals surface area contributed by atoms with Gasteiger partial charge in [-0.1, -0.05) is 23.7 Å². The molecule has 0 atom stereocenters. The molecule has 2 aromatic carbocycles. The summed E-state index contributed by atoms with van der Waals surface area (Å²) in [5, 5.41) is -0.540. The Labute approximate surface area is 172 Å². The van der Waals surface area contributed by atoms with E-state index in [2.05, 4.69) is 4.98 Å². The van der Waals surface area contributed by atoms with E-state index in [1.807, 2.05) is 11.6 Å². The molecule has 6 nitrogen and oxygen atoms in total. The topological polar surface area (TPSA) is 61.8 Å². The zero-order chi connectivity index (χ0) is 21.6. The molecule has 4 aromatic rings. The van der Waals surface area contributed by atoms with Crippen LogP contribution < -0.4 is 11.2 Å². The second-order valence-electron chi connectivity index (χ2n) is 6.70. The van der Waals surface area contributed by atoms with Crippen LogP contribution in [0.15, 0.2) is 64.6 Å². The molecule has 0 radical (unpaired) electrons. The summed E-state index contributed by atoms with van der Waals surface area (Å²) in [4.78, 5) is 29.5. The molecule has 0 aliphatic rings. The Morgan fingerprint density at radius 1 is 1.10 bits per heavy atom. The number of hydrogen-bond acceptors (Lipinski definition) is 3. The Kier molecular flexibility index (Phi) is 4.77. The van der Waals surface area contributed by atoms with Gasteiger partial charge in [0.2, 0.25) is 0 Å². The van der Waals surface area contributed by atoms with Gasteiger partial charge in [-0.3, -0.25) is 13.9 Å². The molecule has 2 aromatic heterocycles. The van der Waals surface area contributed by atoms with Gasteiger partial charge in [0.1, 0.15) is 0 Å². The number of halogens is 4. The van der Waals surface area contributed by atoms with Crippen LogP contribution in [0.25, 0.3) is 16.7 Å². The number of hydrogen-bond donors (Lipinski definition) is 0. The zero-order valence-electron chi connectivity index (χ0n) is 15.5. The van der Waals surface area contributed by atoms with Gasteiger partial charge in [-0.2, -0.15) is 13.2 Å². The van der Waals surface area contributed by atoms with E-state index in [0.29, 0.717) is 11.2 Å². The van der Waals surface area contributed by atoms with Crippen molar-refractivity contribution in [2.24, 2.45) is 7.05 Å². The SMILES string of the molecule is Cn1cnc2cc(-n3ccc(=O)n(Cc4cccc(C(F)(F)F)c4Cl)c3=O)ccc21. The third-order valence-electron chi connectivity index (χ3n) is 4.77. The molecule has 0 aliphatic heterocycles. The highest BCUT2D eigenvalue weighted by molar-refractivity contribution is 6.32. The number of alkyl halides is 3. The summed E-state index contributed by atoms with van der Waals surface area (Å²) in [6.45, 7) is -0.396. The fourth-order valence-corrected chi connectivity index (χ4v) is 3.52. The molecular weight excluding hydrogens is 421 g/mol. The minimum atomic E-state index is -4.65. The average molecular weight is 435 g/mol. The molecule has 30 heavy (non-hydrogen) atoms. The first-order chi connectivity index (χ1) is 14.2. The minimum absolute atomic E-state index is 0.0172. The van der Waals surface area contributed by atoms with Crippen molar-refractivity contribution < 1.29 is 13.2 Å². The molecule has 0 amide bonds. The smallest absolute Gasteiger partial charge is 0.334 e. The van der Waals surface area contributed by atoms with E-state index >= 15 is 0 Å². The molecule has 0 fully saturated rings. The molecule has 154 valence electrons. The summed E-state index contributed by atoms with van der Waals surface area (Å²) in [5.74, 6) is 0. The highest BCUT2D eigenvalue weighted by Crippen LogP contribution is 2.36. The fourth-order valence-electron chi connectivity index (χ4n) is 3.22. The van der Waals surface area contributed by atoms with Crippen molar-refractivity contribution in [1.82, 2.24) is 18.7 Å². The quantitative estimate of drug-likeness (QED) is 0.495. The molecular formula is C20H14ClF3N4O2. The molecule has 10 heteroatoms. The predicted octanol–water partition coefficient (Wildman–Crippen LogP) is 3.61. The van der Waals surface area contributed by atoms with Crippen molar-refractivity contribution in [3.63, 3.8) is 0 Å². The fraction of sp³-hybridized carbons (Fsp3) is 0.150. The van der Waals surface area contributed by atoms with Crippen LogP contribution in [0.3, 0.4) is 0 Å². The lowest BCUT2D eigenvalue weighted by Gasteiger charge is -2.14. The summed E-state index contributed by atoms with van der Waals surface area (Å²) in [6.07, 6.45) is -1.69. The van der Waals surface area contributed by atoms with Crippen molar-refractivity contribution in [2.45, 2.75) is 12.7 Å². The number of imidazole rings is 1. The van der Waals surface area contributed by atoms with Crippen LogP contribution in [0.1, 0.15) is 11.1 Å². The molecule has 0 saturated heterocycles. The van der Waals surface area contributed by atoms with Crippen LogP contribution in [-0.4, -0.2) is 18.7 Å². The molecule has 0 N–H and O–H groups in total. The number of benzene rings is 2. The second-order valence-corrected chi connectivity index (χ2v) is 7.08. The first-order valence-corrected chi connectivity index (χ1v) is 9.13. The number of aryl methyl sites for hydroxylation is 1. The highest BCUT2D eigenvalue weighted by Gasteiger charge is 2.33. The summed E-state index contributed by atoms with van der Waals surface area (Å²) in [5.41, 5.74) is -0.378. The van der Waals surface area contributed by atoms with Gasteiger partial charge < -0.3 is 4.57 Å². The van der Waals surface area contributed by atoms with Crippen LogP contribution in [-0.2, 0) is 19.8 Å². The Morgan fingerprint density at radius 2 is 1.87 bits per heavy atom. The molecule has 0 saturated carbocycles. The van der Waals surface area contributed by atoms with Gasteiger partial charge in [0.05, 0.1) is 40.2 Å². The Hall–Kier alpha value is -3.33. The number of fused-ring (bicyclic) bond motifs is 1. The Morgan fingerprint density at radius 3 is 2.60 bits per heavy atom. The van der Waals surface area contributed by atoms with Crippen LogP contribution in [0.5, 0.6) is 0 Å². The van der Waals surface area contributed by atoms with Gasteiger partial charge in [-0.25, -0.2) is 9.78 Å². The predicted molar refractivity (Wildman–Crippen MR) is 106 cm³/mol. The third kappa shape index (κ3) is 3.41. The Bertz CT molecular complexity index is 1390. The van der Waals surface area contributed by atoms with Crippen LogP contribution >= 0.6 is 11.6 Å². The van der Waals surface area contributed by atoms with E-state index in [-0.39, 0.29) is 5.56 Å². The maximum atomic E-state index is 13.1. The van der Waals surface area contributed by atoms with Crippen LogP contribution in [0, 0.1) is 0 Å². The van der Waals surface area contributed by atoms with Gasteiger partial charge in [0.15, 0.2) is 0 Å². The van der Waals surface area contributed by atoms with E-state index in [0.717, 1.165) is 16.2 Å². The third-order valence-corrected chi connectivity index (χ3v) is 5.22. The summed E-state index contributed by atoms with van der Waals surface area (Å²) in [7, 11) is 1.83. The van der Waals surface area contributed by atoms with Crippen molar-refractivity contribution >= 4 is 22.6 Å². The zero-order valence-corrected chi connectivity index (χ0v) is 16.3. The number of rotatable bonds is 3. The van der Waals surface area contributed by atoms with E-state index in [9.17, 15) is 22.8 Å². The first-order valence-electron chi connectivity index (χ1n) is 8.75. The van der Waals surface area contributed by atoms with Gasteiger partial charge in [-0.05, 0) is 29.8 Å². The lowest BCUT2D eigenvalue weighted by molar-refractivity contribution is -0.137. The summed E-state index contributed by atoms with van der Waals surface area (Å²) in [6, 6.07) is 9.71. The molecule has 0 bridgehead atoms. The second kappa shape index (κ2) is 7.17. The highest BCUT2D eigenvalue weighted by atomic mass is 35.5. The monoisotopic (exact) mass is 434 g/mol. The molecule has 4 rings (SSSR count).